The summed E-state index contributed by atoms with van der Waals surface area (Å²) in [4.78, 5) is 7.27. The Morgan fingerprint density at radius 1 is 1.18 bits per heavy atom. The van der Waals surface area contributed by atoms with E-state index in [1.54, 1.807) is 0 Å². The van der Waals surface area contributed by atoms with E-state index in [2.05, 4.69) is 57.7 Å². The molecule has 1 aliphatic heterocycles. The molecule has 3 rings (SSSR count). The van der Waals surface area contributed by atoms with Crippen molar-refractivity contribution < 1.29 is 0 Å². The van der Waals surface area contributed by atoms with Crippen LogP contribution in [-0.2, 0) is 6.54 Å². The molecule has 0 radical (unpaired) electrons. The first-order chi connectivity index (χ1) is 13.7. The highest BCUT2D eigenvalue weighted by Gasteiger charge is 2.19. The van der Waals surface area contributed by atoms with Crippen molar-refractivity contribution in [3.63, 3.8) is 0 Å². The van der Waals surface area contributed by atoms with Gasteiger partial charge in [0.15, 0.2) is 0 Å². The minimum absolute atomic E-state index is 0.758. The van der Waals surface area contributed by atoms with Crippen molar-refractivity contribution in [1.82, 2.24) is 4.90 Å². The predicted octanol–water partition coefficient (Wildman–Crippen LogP) is 4.74. The van der Waals surface area contributed by atoms with Gasteiger partial charge in [-0.2, -0.15) is 0 Å². The van der Waals surface area contributed by atoms with Crippen molar-refractivity contribution in [1.29, 1.82) is 0 Å². The second-order valence-corrected chi connectivity index (χ2v) is 8.09. The molecule has 1 heterocycles. The minimum Gasteiger partial charge on any atom is -0.388 e. The molecule has 1 saturated heterocycles. The lowest BCUT2D eigenvalue weighted by Gasteiger charge is -2.31. The molecule has 3 N–H and O–H groups in total. The number of nitrogens with zero attached hydrogens (tertiary/aromatic N) is 2. The number of benzene rings is 1. The van der Waals surface area contributed by atoms with E-state index in [0.717, 1.165) is 37.7 Å². The number of hydrogen-bond donors (Lipinski definition) is 2. The summed E-state index contributed by atoms with van der Waals surface area (Å²) in [7, 11) is 1.96. The molecule has 0 atom stereocenters. The van der Waals surface area contributed by atoms with E-state index in [4.69, 9.17) is 5.73 Å². The Bertz CT molecular complexity index is 679. The Morgan fingerprint density at radius 3 is 2.71 bits per heavy atom. The van der Waals surface area contributed by atoms with Gasteiger partial charge < -0.3 is 11.1 Å². The number of likely N-dealkylation sites (tertiary alicyclic amines) is 1. The smallest absolute Gasteiger partial charge is 0.121 e. The van der Waals surface area contributed by atoms with Crippen LogP contribution in [0, 0.1) is 5.92 Å². The summed E-state index contributed by atoms with van der Waals surface area (Å²) in [6.07, 6.45) is 14.9. The summed E-state index contributed by atoms with van der Waals surface area (Å²) in [5.74, 6) is 1.54. The molecular formula is C24H36N4. The highest BCUT2D eigenvalue weighted by atomic mass is 15.1. The highest BCUT2D eigenvalue weighted by Crippen LogP contribution is 2.22. The molecule has 2 aliphatic rings. The lowest BCUT2D eigenvalue weighted by molar-refractivity contribution is 0.173. The molecule has 0 spiro atoms. The summed E-state index contributed by atoms with van der Waals surface area (Å²) < 4.78 is 0. The Balaban J connectivity index is 1.39. The van der Waals surface area contributed by atoms with Gasteiger partial charge in [-0.25, -0.2) is 0 Å². The van der Waals surface area contributed by atoms with Gasteiger partial charge in [-0.3, -0.25) is 9.89 Å². The van der Waals surface area contributed by atoms with E-state index in [9.17, 15) is 0 Å². The van der Waals surface area contributed by atoms with Crippen LogP contribution in [0.15, 0.2) is 53.1 Å². The van der Waals surface area contributed by atoms with Crippen molar-refractivity contribution in [2.75, 3.05) is 32.0 Å². The summed E-state index contributed by atoms with van der Waals surface area (Å²) in [5.41, 5.74) is 10.0. The average molecular weight is 381 g/mol. The van der Waals surface area contributed by atoms with Crippen LogP contribution in [-0.4, -0.2) is 37.4 Å². The standard InChI is InChI=1S/C24H36N4/c1-26-23-11-9-21(10-12-23)19-28-17-14-20(15-18-28)13-16-27-24(25)22-7-5-3-2-4-6-8-22/h3,5,7,9-12,20,26H,2,4,6,8,13-19H2,1H3,(H2,25,27)/b5-3-,22-7+. The molecule has 152 valence electrons. The van der Waals surface area contributed by atoms with E-state index in [1.807, 2.05) is 7.05 Å². The maximum absolute atomic E-state index is 6.25. The van der Waals surface area contributed by atoms with Crippen LogP contribution in [0.25, 0.3) is 0 Å². The third kappa shape index (κ3) is 6.52. The SMILES string of the molecule is CNc1ccc(CN2CCC(CCN=C(N)/C3=C/C=C\CCCC3)CC2)cc1. The summed E-state index contributed by atoms with van der Waals surface area (Å²) >= 11 is 0. The van der Waals surface area contributed by atoms with Crippen molar-refractivity contribution in [2.45, 2.75) is 51.5 Å². The lowest BCUT2D eigenvalue weighted by atomic mass is 9.93. The van der Waals surface area contributed by atoms with Crippen LogP contribution < -0.4 is 11.1 Å². The molecule has 1 aromatic carbocycles. The van der Waals surface area contributed by atoms with Crippen LogP contribution in [0.5, 0.6) is 0 Å². The predicted molar refractivity (Wildman–Crippen MR) is 121 cm³/mol. The largest absolute Gasteiger partial charge is 0.388 e. The maximum Gasteiger partial charge on any atom is 0.121 e. The van der Waals surface area contributed by atoms with Crippen LogP contribution in [0.2, 0.25) is 0 Å². The van der Waals surface area contributed by atoms with E-state index in [-0.39, 0.29) is 0 Å². The van der Waals surface area contributed by atoms with Crippen molar-refractivity contribution in [3.8, 4) is 0 Å². The average Bonchev–Trinajstić information content (AvgIpc) is 2.69. The molecule has 4 nitrogen and oxygen atoms in total. The number of nitrogens with two attached hydrogens (primary N) is 1. The molecule has 0 saturated carbocycles. The third-order valence-corrected chi connectivity index (χ3v) is 6.00. The van der Waals surface area contributed by atoms with Gasteiger partial charge in [0.1, 0.15) is 5.84 Å². The zero-order valence-corrected chi connectivity index (χ0v) is 17.4. The van der Waals surface area contributed by atoms with Gasteiger partial charge in [-0.05, 0) is 87.2 Å². The van der Waals surface area contributed by atoms with Crippen LogP contribution >= 0.6 is 0 Å². The Morgan fingerprint density at radius 2 is 1.96 bits per heavy atom. The summed E-state index contributed by atoms with van der Waals surface area (Å²) in [5, 5.41) is 3.18. The Labute approximate surface area is 170 Å². The number of piperidine rings is 1. The van der Waals surface area contributed by atoms with Crippen LogP contribution in [0.4, 0.5) is 5.69 Å². The van der Waals surface area contributed by atoms with E-state index < -0.39 is 0 Å². The van der Waals surface area contributed by atoms with E-state index >= 15 is 0 Å². The monoisotopic (exact) mass is 380 g/mol. The van der Waals surface area contributed by atoms with Gasteiger partial charge in [0.2, 0.25) is 0 Å². The Kier molecular flexibility index (Phi) is 8.16. The number of anilines is 1. The fraction of sp³-hybridized carbons (Fsp3) is 0.542. The molecule has 28 heavy (non-hydrogen) atoms. The van der Waals surface area contributed by atoms with Gasteiger partial charge in [-0.15, -0.1) is 0 Å². The fourth-order valence-electron chi connectivity index (χ4n) is 4.09. The first kappa shape index (κ1) is 20.7. The first-order valence-corrected chi connectivity index (χ1v) is 10.9. The molecule has 1 aromatic rings. The van der Waals surface area contributed by atoms with Crippen molar-refractivity contribution in [2.24, 2.45) is 16.6 Å². The maximum atomic E-state index is 6.25. The molecule has 1 aliphatic carbocycles. The topological polar surface area (TPSA) is 53.6 Å². The first-order valence-electron chi connectivity index (χ1n) is 10.9. The van der Waals surface area contributed by atoms with E-state index in [1.165, 1.54) is 62.0 Å². The summed E-state index contributed by atoms with van der Waals surface area (Å²) in [6, 6.07) is 8.78. The van der Waals surface area contributed by atoms with Gasteiger partial charge in [0.05, 0.1) is 0 Å². The number of rotatable bonds is 7. The van der Waals surface area contributed by atoms with Gasteiger partial charge >= 0.3 is 0 Å². The second-order valence-electron chi connectivity index (χ2n) is 8.09. The van der Waals surface area contributed by atoms with Gasteiger partial charge in [0.25, 0.3) is 0 Å². The van der Waals surface area contributed by atoms with E-state index in [0.29, 0.717) is 0 Å². The Hall–Kier alpha value is -2.07. The van der Waals surface area contributed by atoms with Crippen molar-refractivity contribution in [3.05, 3.63) is 53.6 Å². The molecule has 0 amide bonds. The zero-order chi connectivity index (χ0) is 19.6. The van der Waals surface area contributed by atoms with Gasteiger partial charge in [0, 0.05) is 25.8 Å². The molecular weight excluding hydrogens is 344 g/mol. The van der Waals surface area contributed by atoms with Crippen molar-refractivity contribution >= 4 is 11.5 Å². The molecule has 0 unspecified atom stereocenters. The molecule has 1 fully saturated rings. The number of hydrogen-bond acceptors (Lipinski definition) is 3. The minimum atomic E-state index is 0.758. The number of allylic oxidation sites excluding steroid dienone is 3. The number of nitrogens with one attached hydrogen (secondary N) is 1. The molecule has 0 aromatic heterocycles. The normalized spacial score (nSPS) is 22.8. The number of amidine groups is 1. The molecule has 4 heteroatoms. The quantitative estimate of drug-likeness (QED) is 0.530. The zero-order valence-electron chi connectivity index (χ0n) is 17.4. The van der Waals surface area contributed by atoms with Crippen LogP contribution in [0.1, 0.15) is 50.5 Å². The molecule has 0 bridgehead atoms. The number of aliphatic imine (C=N–C) groups is 1. The van der Waals surface area contributed by atoms with Gasteiger partial charge in [-0.1, -0.05) is 30.4 Å². The second kappa shape index (κ2) is 11.1. The highest BCUT2D eigenvalue weighted by molar-refractivity contribution is 5.97. The summed E-state index contributed by atoms with van der Waals surface area (Å²) in [6.45, 7) is 4.30. The lowest BCUT2D eigenvalue weighted by Crippen LogP contribution is -2.33. The fourth-order valence-corrected chi connectivity index (χ4v) is 4.09. The van der Waals surface area contributed by atoms with Crippen LogP contribution in [0.3, 0.4) is 0 Å². The third-order valence-electron chi connectivity index (χ3n) is 6.00.